The van der Waals surface area contributed by atoms with Crippen LogP contribution in [0.3, 0.4) is 0 Å². The van der Waals surface area contributed by atoms with Gasteiger partial charge in [0.25, 0.3) is 11.1 Å². The van der Waals surface area contributed by atoms with E-state index in [1.54, 1.807) is 42.5 Å². The third kappa shape index (κ3) is 5.66. The number of nitriles is 1. The molecule has 0 spiro atoms. The quantitative estimate of drug-likeness (QED) is 0.203. The Labute approximate surface area is 228 Å². The van der Waals surface area contributed by atoms with Gasteiger partial charge in [-0.15, -0.1) is 0 Å². The smallest absolute Gasteiger partial charge is 0.293 e. The van der Waals surface area contributed by atoms with Gasteiger partial charge in [-0.25, -0.2) is 0 Å². The van der Waals surface area contributed by atoms with E-state index in [2.05, 4.69) is 44.6 Å². The highest BCUT2D eigenvalue weighted by molar-refractivity contribution is 14.1. The van der Waals surface area contributed by atoms with E-state index in [0.29, 0.717) is 38.5 Å². The van der Waals surface area contributed by atoms with Crippen molar-refractivity contribution >= 4 is 79.1 Å². The van der Waals surface area contributed by atoms with E-state index < -0.39 is 5.91 Å². The van der Waals surface area contributed by atoms with Crippen LogP contribution in [0.4, 0.5) is 4.79 Å². The first kappa shape index (κ1) is 24.8. The zero-order valence-corrected chi connectivity index (χ0v) is 22.7. The lowest BCUT2D eigenvalue weighted by molar-refractivity contribution is -0.123. The summed E-state index contributed by atoms with van der Waals surface area (Å²) in [6.45, 7) is 0.402. The van der Waals surface area contributed by atoms with Crippen molar-refractivity contribution in [1.29, 1.82) is 5.26 Å². The summed E-state index contributed by atoms with van der Waals surface area (Å²) < 4.78 is 7.68. The molecule has 1 saturated heterocycles. The number of hydrogen-bond donors (Lipinski definition) is 0. The number of hydrogen-bond acceptors (Lipinski definition) is 5. The molecule has 3 aromatic carbocycles. The van der Waals surface area contributed by atoms with E-state index >= 15 is 0 Å². The predicted octanol–water partition coefficient (Wildman–Crippen LogP) is 7.39. The van der Waals surface area contributed by atoms with Crippen LogP contribution in [0, 0.1) is 14.9 Å². The minimum atomic E-state index is -0.408. The van der Waals surface area contributed by atoms with Crippen molar-refractivity contribution in [2.24, 2.45) is 0 Å². The van der Waals surface area contributed by atoms with Crippen LogP contribution in [0.1, 0.15) is 22.3 Å². The lowest BCUT2D eigenvalue weighted by Crippen LogP contribution is -2.27. The van der Waals surface area contributed by atoms with Crippen molar-refractivity contribution in [3.63, 3.8) is 0 Å². The van der Waals surface area contributed by atoms with E-state index in [9.17, 15) is 14.9 Å². The average Bonchev–Trinajstić information content (AvgIpc) is 3.07. The highest BCUT2D eigenvalue weighted by Crippen LogP contribution is 2.38. The molecular formula is C25H15BrClIN2O3S. The molecule has 34 heavy (non-hydrogen) atoms. The molecule has 5 nitrogen and oxygen atoms in total. The fourth-order valence-electron chi connectivity index (χ4n) is 3.26. The topological polar surface area (TPSA) is 70.4 Å². The molecule has 9 heteroatoms. The normalized spacial score (nSPS) is 14.5. The second-order valence-corrected chi connectivity index (χ2v) is 10.8. The molecule has 0 bridgehead atoms. The Morgan fingerprint density at radius 2 is 1.88 bits per heavy atom. The molecule has 1 aliphatic rings. The lowest BCUT2D eigenvalue weighted by atomic mass is 10.1. The summed E-state index contributed by atoms with van der Waals surface area (Å²) in [7, 11) is 0. The summed E-state index contributed by atoms with van der Waals surface area (Å²) in [4.78, 5) is 26.8. The lowest BCUT2D eigenvalue weighted by Gasteiger charge is -2.13. The van der Waals surface area contributed by atoms with Gasteiger partial charge in [-0.05, 0) is 103 Å². The van der Waals surface area contributed by atoms with Crippen molar-refractivity contribution in [2.45, 2.75) is 13.2 Å². The minimum Gasteiger partial charge on any atom is -0.486 e. The summed E-state index contributed by atoms with van der Waals surface area (Å²) in [6, 6.07) is 20.5. The van der Waals surface area contributed by atoms with Gasteiger partial charge in [-0.3, -0.25) is 14.5 Å². The number of amides is 2. The van der Waals surface area contributed by atoms with Crippen molar-refractivity contribution in [2.75, 3.05) is 0 Å². The van der Waals surface area contributed by atoms with Crippen LogP contribution in [-0.4, -0.2) is 16.0 Å². The van der Waals surface area contributed by atoms with Crippen molar-refractivity contribution < 1.29 is 14.3 Å². The standard InChI is InChI=1S/C25H15BrClIN2O3S/c26-20-9-16(10-21(27)23(20)33-14-15-5-7-19(28)8-6-15)11-22-24(31)30(25(32)34-22)13-18-4-2-1-3-17(18)12-29/h1-11H,13-14H2/b22-11+. The summed E-state index contributed by atoms with van der Waals surface area (Å²) in [5.74, 6) is 0.0904. The molecule has 1 aliphatic heterocycles. The van der Waals surface area contributed by atoms with Crippen molar-refractivity contribution in [3.05, 3.63) is 101 Å². The maximum absolute atomic E-state index is 12.9. The number of carbonyl (C=O) groups excluding carboxylic acids is 2. The van der Waals surface area contributed by atoms with Gasteiger partial charge >= 0.3 is 0 Å². The average molecular weight is 666 g/mol. The fourth-order valence-corrected chi connectivity index (χ4v) is 5.45. The van der Waals surface area contributed by atoms with Crippen LogP contribution in [-0.2, 0) is 17.9 Å². The molecule has 1 heterocycles. The van der Waals surface area contributed by atoms with Gasteiger partial charge in [0, 0.05) is 3.57 Å². The summed E-state index contributed by atoms with van der Waals surface area (Å²) in [5.41, 5.74) is 2.72. The Morgan fingerprint density at radius 3 is 2.59 bits per heavy atom. The third-order valence-corrected chi connectivity index (χ3v) is 7.45. The van der Waals surface area contributed by atoms with E-state index in [1.165, 1.54) is 0 Å². The highest BCUT2D eigenvalue weighted by Gasteiger charge is 2.35. The summed E-state index contributed by atoms with van der Waals surface area (Å²) in [5, 5.41) is 9.28. The monoisotopic (exact) mass is 664 g/mol. The maximum Gasteiger partial charge on any atom is 0.293 e. The van der Waals surface area contributed by atoms with Crippen LogP contribution in [0.25, 0.3) is 6.08 Å². The fraction of sp³-hybridized carbons (Fsp3) is 0.0800. The first-order valence-electron chi connectivity index (χ1n) is 9.95. The molecule has 0 aromatic heterocycles. The van der Waals surface area contributed by atoms with Gasteiger partial charge in [0.05, 0.1) is 32.6 Å². The Hall–Kier alpha value is -2.32. The number of nitrogens with zero attached hydrogens (tertiary/aromatic N) is 2. The van der Waals surface area contributed by atoms with Crippen LogP contribution in [0.15, 0.2) is 70.0 Å². The Morgan fingerprint density at radius 1 is 1.15 bits per heavy atom. The van der Waals surface area contributed by atoms with Gasteiger partial charge in [-0.2, -0.15) is 5.26 Å². The van der Waals surface area contributed by atoms with Crippen molar-refractivity contribution in [3.8, 4) is 11.8 Å². The number of carbonyl (C=O) groups is 2. The molecule has 0 atom stereocenters. The molecule has 0 radical (unpaired) electrons. The van der Waals surface area contributed by atoms with Gasteiger partial charge in [0.1, 0.15) is 6.61 Å². The number of halogens is 3. The van der Waals surface area contributed by atoms with Crippen molar-refractivity contribution in [1.82, 2.24) is 4.90 Å². The largest absolute Gasteiger partial charge is 0.486 e. The zero-order chi connectivity index (χ0) is 24.2. The molecule has 0 unspecified atom stereocenters. The number of thioether (sulfide) groups is 1. The van der Waals surface area contributed by atoms with E-state index in [0.717, 1.165) is 25.8 Å². The number of rotatable bonds is 6. The molecule has 170 valence electrons. The predicted molar refractivity (Wildman–Crippen MR) is 145 cm³/mol. The first-order valence-corrected chi connectivity index (χ1v) is 13.0. The van der Waals surface area contributed by atoms with Crippen LogP contribution in [0.5, 0.6) is 5.75 Å². The molecule has 4 rings (SSSR count). The molecule has 0 aliphatic carbocycles. The molecule has 2 amide bonds. The summed E-state index contributed by atoms with van der Waals surface area (Å²) >= 11 is 13.1. The van der Waals surface area contributed by atoms with E-state index in [1.807, 2.05) is 24.3 Å². The molecular weight excluding hydrogens is 651 g/mol. The molecule has 0 N–H and O–H groups in total. The Kier molecular flexibility index (Phi) is 7.99. The summed E-state index contributed by atoms with van der Waals surface area (Å²) in [6.07, 6.45) is 1.63. The van der Waals surface area contributed by atoms with Gasteiger partial charge in [0.15, 0.2) is 5.75 Å². The van der Waals surface area contributed by atoms with Crippen LogP contribution in [0.2, 0.25) is 5.02 Å². The minimum absolute atomic E-state index is 0.0432. The second-order valence-electron chi connectivity index (χ2n) is 7.27. The molecule has 0 saturated carbocycles. The third-order valence-electron chi connectivity index (χ3n) is 4.95. The van der Waals surface area contributed by atoms with E-state index in [4.69, 9.17) is 16.3 Å². The van der Waals surface area contributed by atoms with Gasteiger partial charge in [-0.1, -0.05) is 41.9 Å². The molecule has 1 fully saturated rings. The highest BCUT2D eigenvalue weighted by atomic mass is 127. The SMILES string of the molecule is N#Cc1ccccc1CN1C(=O)S/C(=C/c2cc(Cl)c(OCc3ccc(I)cc3)c(Br)c2)C1=O. The first-order chi connectivity index (χ1) is 16.4. The molecule has 3 aromatic rings. The number of ether oxygens (including phenoxy) is 1. The van der Waals surface area contributed by atoms with Gasteiger partial charge in [0.2, 0.25) is 0 Å². The van der Waals surface area contributed by atoms with E-state index in [-0.39, 0.29) is 16.7 Å². The zero-order valence-electron chi connectivity index (χ0n) is 17.4. The van der Waals surface area contributed by atoms with Gasteiger partial charge < -0.3 is 4.74 Å². The van der Waals surface area contributed by atoms with Crippen LogP contribution < -0.4 is 4.74 Å². The Bertz CT molecular complexity index is 1330. The number of benzene rings is 3. The van der Waals surface area contributed by atoms with Crippen LogP contribution >= 0.6 is 61.9 Å². The number of imide groups is 1. The maximum atomic E-state index is 12.9. The Balaban J connectivity index is 1.51. The second kappa shape index (κ2) is 11.0.